The molecule has 0 aliphatic rings. The molecule has 0 aromatic rings. The van der Waals surface area contributed by atoms with E-state index >= 15 is 0 Å². The molecule has 0 saturated heterocycles. The summed E-state index contributed by atoms with van der Waals surface area (Å²) in [5, 5.41) is 11.9. The highest BCUT2D eigenvalue weighted by atomic mass is 16.3. The van der Waals surface area contributed by atoms with Crippen LogP contribution in [-0.4, -0.2) is 30.2 Å². The first-order chi connectivity index (χ1) is 7.10. The third kappa shape index (κ3) is 8.39. The number of amides is 1. The smallest absolute Gasteiger partial charge is 0.220 e. The van der Waals surface area contributed by atoms with E-state index in [0.717, 1.165) is 12.8 Å². The molecule has 0 aromatic carbocycles. The average molecular weight is 216 g/mol. The van der Waals surface area contributed by atoms with Gasteiger partial charge in [-0.2, -0.15) is 0 Å². The molecule has 2 unspecified atom stereocenters. The Bertz CT molecular complexity index is 174. The molecule has 1 amide bonds. The van der Waals surface area contributed by atoms with E-state index in [4.69, 9.17) is 5.73 Å². The van der Waals surface area contributed by atoms with Gasteiger partial charge >= 0.3 is 0 Å². The lowest BCUT2D eigenvalue weighted by atomic mass is 10.0. The van der Waals surface area contributed by atoms with Crippen LogP contribution in [0.1, 0.15) is 39.5 Å². The molecular weight excluding hydrogens is 192 g/mol. The molecule has 0 heterocycles. The van der Waals surface area contributed by atoms with Gasteiger partial charge in [-0.15, -0.1) is 0 Å². The van der Waals surface area contributed by atoms with Crippen LogP contribution in [0.2, 0.25) is 0 Å². The summed E-state index contributed by atoms with van der Waals surface area (Å²) in [4.78, 5) is 11.3. The number of carbonyl (C=O) groups is 1. The van der Waals surface area contributed by atoms with Crippen LogP contribution in [0.15, 0.2) is 0 Å². The van der Waals surface area contributed by atoms with Gasteiger partial charge in [0.25, 0.3) is 0 Å². The van der Waals surface area contributed by atoms with Crippen molar-refractivity contribution in [2.24, 2.45) is 11.7 Å². The second kappa shape index (κ2) is 8.68. The summed E-state index contributed by atoms with van der Waals surface area (Å²) in [5.41, 5.74) is 5.42. The predicted octanol–water partition coefficient (Wildman–Crippen LogP) is 0.639. The minimum absolute atomic E-state index is 0.0198. The van der Waals surface area contributed by atoms with Gasteiger partial charge in [-0.1, -0.05) is 13.8 Å². The molecule has 2 atom stereocenters. The lowest BCUT2D eigenvalue weighted by Crippen LogP contribution is -2.31. The van der Waals surface area contributed by atoms with E-state index in [1.165, 1.54) is 0 Å². The Morgan fingerprint density at radius 1 is 1.47 bits per heavy atom. The van der Waals surface area contributed by atoms with Gasteiger partial charge in [-0.05, 0) is 31.7 Å². The van der Waals surface area contributed by atoms with E-state index in [-0.39, 0.29) is 5.91 Å². The van der Waals surface area contributed by atoms with Crippen molar-refractivity contribution in [2.45, 2.75) is 45.6 Å². The topological polar surface area (TPSA) is 75.3 Å². The normalized spacial score (nSPS) is 14.7. The maximum absolute atomic E-state index is 11.3. The summed E-state index contributed by atoms with van der Waals surface area (Å²) in [7, 11) is 0. The van der Waals surface area contributed by atoms with Gasteiger partial charge in [0, 0.05) is 13.0 Å². The Morgan fingerprint density at radius 3 is 2.67 bits per heavy atom. The van der Waals surface area contributed by atoms with E-state index in [1.807, 2.05) is 6.92 Å². The molecular formula is C11H24N2O2. The molecule has 0 radical (unpaired) electrons. The van der Waals surface area contributed by atoms with E-state index < -0.39 is 6.10 Å². The van der Waals surface area contributed by atoms with Crippen LogP contribution >= 0.6 is 0 Å². The number of hydrogen-bond donors (Lipinski definition) is 3. The van der Waals surface area contributed by atoms with Gasteiger partial charge in [0.1, 0.15) is 0 Å². The Morgan fingerprint density at radius 2 is 2.13 bits per heavy atom. The van der Waals surface area contributed by atoms with Crippen molar-refractivity contribution < 1.29 is 9.90 Å². The van der Waals surface area contributed by atoms with Gasteiger partial charge in [-0.25, -0.2) is 0 Å². The highest BCUT2D eigenvalue weighted by Crippen LogP contribution is 2.08. The monoisotopic (exact) mass is 216 g/mol. The van der Waals surface area contributed by atoms with Crippen LogP contribution in [0.5, 0.6) is 0 Å². The van der Waals surface area contributed by atoms with E-state index in [1.54, 1.807) is 0 Å². The van der Waals surface area contributed by atoms with Crippen molar-refractivity contribution in [3.63, 3.8) is 0 Å². The van der Waals surface area contributed by atoms with E-state index in [0.29, 0.717) is 31.8 Å². The van der Waals surface area contributed by atoms with Crippen molar-refractivity contribution in [1.82, 2.24) is 5.32 Å². The molecule has 0 saturated carbocycles. The minimum Gasteiger partial charge on any atom is -0.391 e. The van der Waals surface area contributed by atoms with Crippen molar-refractivity contribution in [3.8, 4) is 0 Å². The summed E-state index contributed by atoms with van der Waals surface area (Å²) < 4.78 is 0. The number of hydrogen-bond acceptors (Lipinski definition) is 3. The van der Waals surface area contributed by atoms with Crippen LogP contribution in [0.25, 0.3) is 0 Å². The molecule has 4 heteroatoms. The van der Waals surface area contributed by atoms with Crippen molar-refractivity contribution >= 4 is 5.91 Å². The molecule has 0 fully saturated rings. The van der Waals surface area contributed by atoms with Crippen LogP contribution < -0.4 is 11.1 Å². The number of aliphatic hydroxyl groups is 1. The summed E-state index contributed by atoms with van der Waals surface area (Å²) in [6.07, 6.45) is 2.60. The fourth-order valence-electron chi connectivity index (χ4n) is 1.27. The number of nitrogens with one attached hydrogen (secondary N) is 1. The third-order valence-electron chi connectivity index (χ3n) is 2.53. The van der Waals surface area contributed by atoms with Gasteiger partial charge in [0.05, 0.1) is 6.10 Å². The lowest BCUT2D eigenvalue weighted by Gasteiger charge is -2.11. The molecule has 0 spiro atoms. The average Bonchev–Trinajstić information content (AvgIpc) is 2.23. The number of aliphatic hydroxyl groups excluding tert-OH is 1. The zero-order chi connectivity index (χ0) is 11.7. The molecule has 4 N–H and O–H groups in total. The minimum atomic E-state index is -0.421. The van der Waals surface area contributed by atoms with Crippen molar-refractivity contribution in [3.05, 3.63) is 0 Å². The summed E-state index contributed by atoms with van der Waals surface area (Å²) in [5.74, 6) is 0.517. The van der Waals surface area contributed by atoms with Crippen LogP contribution in [-0.2, 0) is 4.79 Å². The Labute approximate surface area is 92.2 Å². The van der Waals surface area contributed by atoms with Crippen molar-refractivity contribution in [1.29, 1.82) is 0 Å². The van der Waals surface area contributed by atoms with Crippen LogP contribution in [0.4, 0.5) is 0 Å². The van der Waals surface area contributed by atoms with E-state index in [2.05, 4.69) is 12.2 Å². The van der Waals surface area contributed by atoms with Gasteiger partial charge in [0.15, 0.2) is 0 Å². The Hall–Kier alpha value is -0.610. The maximum atomic E-state index is 11.3. The first kappa shape index (κ1) is 14.4. The summed E-state index contributed by atoms with van der Waals surface area (Å²) in [6, 6.07) is 0. The van der Waals surface area contributed by atoms with Gasteiger partial charge < -0.3 is 16.2 Å². The Kier molecular flexibility index (Phi) is 8.33. The number of rotatable bonds is 8. The quantitative estimate of drug-likeness (QED) is 0.557. The Balaban J connectivity index is 3.48. The third-order valence-corrected chi connectivity index (χ3v) is 2.53. The zero-order valence-corrected chi connectivity index (χ0v) is 9.83. The summed E-state index contributed by atoms with van der Waals surface area (Å²) in [6.45, 7) is 5.03. The highest BCUT2D eigenvalue weighted by molar-refractivity contribution is 5.75. The maximum Gasteiger partial charge on any atom is 0.220 e. The van der Waals surface area contributed by atoms with Gasteiger partial charge in [-0.3, -0.25) is 4.79 Å². The SMILES string of the molecule is CCC(O)CNC(=O)CCC(C)CCN. The standard InChI is InChI=1S/C11H24N2O2/c1-3-10(14)8-13-11(15)5-4-9(2)6-7-12/h9-10,14H,3-8,12H2,1-2H3,(H,13,15). The summed E-state index contributed by atoms with van der Waals surface area (Å²) >= 11 is 0. The molecule has 0 bridgehead atoms. The van der Waals surface area contributed by atoms with Crippen LogP contribution in [0, 0.1) is 5.92 Å². The fourth-order valence-corrected chi connectivity index (χ4v) is 1.27. The first-order valence-corrected chi connectivity index (χ1v) is 5.75. The van der Waals surface area contributed by atoms with Crippen molar-refractivity contribution in [2.75, 3.05) is 13.1 Å². The zero-order valence-electron chi connectivity index (χ0n) is 9.83. The molecule has 0 rings (SSSR count). The highest BCUT2D eigenvalue weighted by Gasteiger charge is 2.07. The number of carbonyl (C=O) groups excluding carboxylic acids is 1. The van der Waals surface area contributed by atoms with Gasteiger partial charge in [0.2, 0.25) is 5.91 Å². The van der Waals surface area contributed by atoms with E-state index in [9.17, 15) is 9.90 Å². The predicted molar refractivity (Wildman–Crippen MR) is 61.4 cm³/mol. The largest absolute Gasteiger partial charge is 0.391 e. The molecule has 0 aliphatic carbocycles. The first-order valence-electron chi connectivity index (χ1n) is 5.75. The molecule has 15 heavy (non-hydrogen) atoms. The van der Waals surface area contributed by atoms with Crippen LogP contribution in [0.3, 0.4) is 0 Å². The molecule has 0 aliphatic heterocycles. The molecule has 4 nitrogen and oxygen atoms in total. The molecule has 0 aromatic heterocycles. The lowest BCUT2D eigenvalue weighted by molar-refractivity contribution is -0.121. The second-order valence-corrected chi connectivity index (χ2v) is 4.09. The molecule has 90 valence electrons. The number of nitrogens with two attached hydrogens (primary N) is 1. The fraction of sp³-hybridized carbons (Fsp3) is 0.909. The second-order valence-electron chi connectivity index (χ2n) is 4.09.